The van der Waals surface area contributed by atoms with E-state index in [2.05, 4.69) is 6.92 Å². The minimum absolute atomic E-state index is 0.0781. The number of alkyl halides is 1. The van der Waals surface area contributed by atoms with E-state index in [4.69, 9.17) is 21.4 Å². The second-order valence-electron chi connectivity index (χ2n) is 7.98. The molecule has 27 heavy (non-hydrogen) atoms. The van der Waals surface area contributed by atoms with Crippen molar-refractivity contribution < 1.29 is 24.9 Å². The Hall–Kier alpha value is -0.880. The summed E-state index contributed by atoms with van der Waals surface area (Å²) in [5.41, 5.74) is 0. The maximum absolute atomic E-state index is 10.6. The number of hydrogen-bond acceptors (Lipinski definition) is 4. The smallest absolute Gasteiger partial charge is 0.329 e. The van der Waals surface area contributed by atoms with Crippen molar-refractivity contribution in [2.24, 2.45) is 23.7 Å². The first kappa shape index (κ1) is 22.4. The first-order valence-electron chi connectivity index (χ1n) is 10.0. The van der Waals surface area contributed by atoms with Crippen molar-refractivity contribution in [2.75, 3.05) is 13.2 Å². The molecule has 0 radical (unpaired) electrons. The number of carboxylic acids is 1. The van der Waals surface area contributed by atoms with E-state index >= 15 is 0 Å². The van der Waals surface area contributed by atoms with Gasteiger partial charge in [-0.2, -0.15) is 0 Å². The van der Waals surface area contributed by atoms with Gasteiger partial charge in [-0.1, -0.05) is 50.5 Å². The molecular formula is C21H33ClO5. The topological polar surface area (TPSA) is 87.0 Å². The number of aliphatic hydroxyl groups is 2. The van der Waals surface area contributed by atoms with Crippen LogP contribution in [-0.2, 0) is 9.53 Å². The lowest BCUT2D eigenvalue weighted by molar-refractivity contribution is -0.141. The predicted octanol–water partition coefficient (Wildman–Crippen LogP) is 3.38. The molecule has 2 fully saturated rings. The Kier molecular flexibility index (Phi) is 9.30. The van der Waals surface area contributed by atoms with Crippen molar-refractivity contribution in [3.63, 3.8) is 0 Å². The molecule has 0 saturated heterocycles. The van der Waals surface area contributed by atoms with Crippen LogP contribution in [0.2, 0.25) is 0 Å². The fourth-order valence-electron chi connectivity index (χ4n) is 4.44. The molecule has 2 rings (SSSR count). The van der Waals surface area contributed by atoms with Crippen LogP contribution in [0, 0.1) is 23.7 Å². The Balaban J connectivity index is 1.88. The molecule has 5 nitrogen and oxygen atoms in total. The molecule has 2 saturated carbocycles. The van der Waals surface area contributed by atoms with Crippen LogP contribution in [0.25, 0.3) is 0 Å². The molecule has 0 heterocycles. The monoisotopic (exact) mass is 400 g/mol. The largest absolute Gasteiger partial charge is 0.480 e. The highest BCUT2D eigenvalue weighted by atomic mass is 35.5. The van der Waals surface area contributed by atoms with Crippen molar-refractivity contribution in [3.05, 3.63) is 24.3 Å². The molecule has 2 aliphatic rings. The Morgan fingerprint density at radius 2 is 2.04 bits per heavy atom. The van der Waals surface area contributed by atoms with Crippen molar-refractivity contribution in [1.29, 1.82) is 0 Å². The Morgan fingerprint density at radius 1 is 1.30 bits per heavy atom. The lowest BCUT2D eigenvalue weighted by Gasteiger charge is -2.31. The van der Waals surface area contributed by atoms with Crippen molar-refractivity contribution in [2.45, 2.75) is 63.0 Å². The zero-order chi connectivity index (χ0) is 19.8. The van der Waals surface area contributed by atoms with E-state index in [1.54, 1.807) is 6.08 Å². The first-order chi connectivity index (χ1) is 12.9. The fraction of sp³-hybridized carbons (Fsp3) is 0.762. The van der Waals surface area contributed by atoms with E-state index in [1.807, 2.05) is 18.2 Å². The molecule has 0 aliphatic heterocycles. The molecule has 154 valence electrons. The summed E-state index contributed by atoms with van der Waals surface area (Å²) in [6.45, 7) is 2.14. The molecule has 7 atom stereocenters. The predicted molar refractivity (Wildman–Crippen MR) is 106 cm³/mol. The van der Waals surface area contributed by atoms with Crippen LogP contribution in [0.4, 0.5) is 0 Å². The molecule has 6 heteroatoms. The third kappa shape index (κ3) is 6.90. The zero-order valence-corrected chi connectivity index (χ0v) is 16.8. The van der Waals surface area contributed by atoms with Crippen LogP contribution >= 0.6 is 11.6 Å². The summed E-state index contributed by atoms with van der Waals surface area (Å²) < 4.78 is 4.97. The van der Waals surface area contributed by atoms with Gasteiger partial charge in [-0.3, -0.25) is 0 Å². The molecular weight excluding hydrogens is 368 g/mol. The van der Waals surface area contributed by atoms with Gasteiger partial charge in [0.15, 0.2) is 0 Å². The number of aliphatic hydroxyl groups excluding tert-OH is 2. The number of carbonyl (C=O) groups is 1. The third-order valence-corrected chi connectivity index (χ3v) is 6.53. The summed E-state index contributed by atoms with van der Waals surface area (Å²) in [5, 5.41) is 29.4. The molecule has 3 N–H and O–H groups in total. The summed E-state index contributed by atoms with van der Waals surface area (Å²) in [5.74, 6) is -0.156. The molecule has 7 unspecified atom stereocenters. The maximum atomic E-state index is 10.6. The summed E-state index contributed by atoms with van der Waals surface area (Å²) in [7, 11) is 0. The molecule has 2 aliphatic carbocycles. The van der Waals surface area contributed by atoms with Crippen LogP contribution < -0.4 is 0 Å². The Bertz CT molecular complexity index is 521. The Morgan fingerprint density at radius 3 is 2.74 bits per heavy atom. The highest BCUT2D eigenvalue weighted by Crippen LogP contribution is 2.40. The quantitative estimate of drug-likeness (QED) is 0.314. The SMILES string of the molecule is CC1CCCCC1C(O)/C=C/C1C(O)CC(Cl)C1C/C=C/COCC(=O)O. The van der Waals surface area contributed by atoms with Gasteiger partial charge in [0, 0.05) is 11.3 Å². The van der Waals surface area contributed by atoms with E-state index in [-0.39, 0.29) is 30.4 Å². The lowest BCUT2D eigenvalue weighted by Crippen LogP contribution is -2.28. The third-order valence-electron chi connectivity index (χ3n) is 6.03. The van der Waals surface area contributed by atoms with Gasteiger partial charge in [0.25, 0.3) is 0 Å². The highest BCUT2D eigenvalue weighted by Gasteiger charge is 2.39. The normalized spacial score (nSPS) is 35.9. The summed E-state index contributed by atoms with van der Waals surface area (Å²) in [6.07, 6.45) is 12.4. The van der Waals surface area contributed by atoms with Crippen molar-refractivity contribution in [3.8, 4) is 0 Å². The van der Waals surface area contributed by atoms with Crippen LogP contribution in [0.3, 0.4) is 0 Å². The summed E-state index contributed by atoms with van der Waals surface area (Å²) in [6, 6.07) is 0. The number of halogens is 1. The number of aliphatic carboxylic acids is 1. The van der Waals surface area contributed by atoms with Gasteiger partial charge >= 0.3 is 5.97 Å². The van der Waals surface area contributed by atoms with Crippen LogP contribution in [0.15, 0.2) is 24.3 Å². The minimum atomic E-state index is -0.987. The summed E-state index contributed by atoms with van der Waals surface area (Å²) >= 11 is 6.44. The number of hydrogen-bond donors (Lipinski definition) is 3. The fourth-order valence-corrected chi connectivity index (χ4v) is 4.89. The van der Waals surface area contributed by atoms with E-state index in [0.29, 0.717) is 24.7 Å². The lowest BCUT2D eigenvalue weighted by atomic mass is 9.77. The molecule has 0 spiro atoms. The second-order valence-corrected chi connectivity index (χ2v) is 8.54. The van der Waals surface area contributed by atoms with Gasteiger partial charge in [-0.05, 0) is 37.0 Å². The maximum Gasteiger partial charge on any atom is 0.329 e. The Labute approximate surface area is 167 Å². The van der Waals surface area contributed by atoms with Gasteiger partial charge in [0.2, 0.25) is 0 Å². The zero-order valence-electron chi connectivity index (χ0n) is 16.0. The van der Waals surface area contributed by atoms with Gasteiger partial charge < -0.3 is 20.1 Å². The van der Waals surface area contributed by atoms with E-state index in [9.17, 15) is 15.0 Å². The van der Waals surface area contributed by atoms with Crippen molar-refractivity contribution in [1.82, 2.24) is 0 Å². The molecule has 0 bridgehead atoms. The average molecular weight is 401 g/mol. The number of allylic oxidation sites excluding steroid dienone is 1. The average Bonchev–Trinajstić information content (AvgIpc) is 2.89. The number of rotatable bonds is 9. The van der Waals surface area contributed by atoms with Crippen LogP contribution in [-0.4, -0.2) is 52.1 Å². The van der Waals surface area contributed by atoms with Crippen LogP contribution in [0.5, 0.6) is 0 Å². The van der Waals surface area contributed by atoms with Gasteiger partial charge in [0.05, 0.1) is 18.8 Å². The molecule has 0 aromatic rings. The van der Waals surface area contributed by atoms with E-state index < -0.39 is 18.2 Å². The van der Waals surface area contributed by atoms with Gasteiger partial charge in [-0.15, -0.1) is 11.6 Å². The van der Waals surface area contributed by atoms with E-state index in [1.165, 1.54) is 19.3 Å². The van der Waals surface area contributed by atoms with Crippen LogP contribution in [0.1, 0.15) is 45.4 Å². The van der Waals surface area contributed by atoms with E-state index in [0.717, 1.165) is 6.42 Å². The number of carboxylic acid groups (broad SMARTS) is 1. The highest BCUT2D eigenvalue weighted by molar-refractivity contribution is 6.21. The minimum Gasteiger partial charge on any atom is -0.480 e. The number of ether oxygens (including phenoxy) is 1. The van der Waals surface area contributed by atoms with Gasteiger partial charge in [-0.25, -0.2) is 4.79 Å². The standard InChI is InChI=1S/C21H33ClO5/c1-14-6-2-3-7-15(14)19(23)10-9-17-16(18(22)12-20(17)24)8-4-5-11-27-13-21(25)26/h4-5,9-10,14-20,23-24H,2-3,6-8,11-13H2,1H3,(H,25,26)/b5-4+,10-9+. The first-order valence-corrected chi connectivity index (χ1v) is 10.5. The second kappa shape index (κ2) is 11.2. The molecule has 0 aromatic carbocycles. The van der Waals surface area contributed by atoms with Crippen molar-refractivity contribution >= 4 is 17.6 Å². The molecule has 0 aromatic heterocycles. The molecule has 0 amide bonds. The van der Waals surface area contributed by atoms with Gasteiger partial charge in [0.1, 0.15) is 6.61 Å². The summed E-state index contributed by atoms with van der Waals surface area (Å²) in [4.78, 5) is 10.4.